The zero-order valence-electron chi connectivity index (χ0n) is 7.86. The fourth-order valence-electron chi connectivity index (χ4n) is 1.48. The molecule has 0 aromatic heterocycles. The number of rotatable bonds is 1. The van der Waals surface area contributed by atoms with Gasteiger partial charge in [0.15, 0.2) is 0 Å². The van der Waals surface area contributed by atoms with Crippen LogP contribution in [0.3, 0.4) is 0 Å². The molecule has 0 saturated carbocycles. The lowest BCUT2D eigenvalue weighted by molar-refractivity contribution is -0.121. The Kier molecular flexibility index (Phi) is 3.37. The van der Waals surface area contributed by atoms with Crippen LogP contribution in [0.1, 0.15) is 0 Å². The molecule has 1 saturated heterocycles. The maximum atomic E-state index is 11.8. The van der Waals surface area contributed by atoms with Crippen LogP contribution in [-0.2, 0) is 9.59 Å². The number of nitrogens with zero attached hydrogens (tertiary/aromatic N) is 1. The van der Waals surface area contributed by atoms with E-state index in [-0.39, 0.29) is 11.8 Å². The van der Waals surface area contributed by atoms with Crippen molar-refractivity contribution in [3.05, 3.63) is 29.3 Å². The zero-order chi connectivity index (χ0) is 11.9. The number of hydrogen-bond donors (Lipinski definition) is 0. The van der Waals surface area contributed by atoms with Gasteiger partial charge in [-0.25, -0.2) is 4.90 Å². The number of imide groups is 1. The summed E-state index contributed by atoms with van der Waals surface area (Å²) in [5.41, 5.74) is 0.422. The van der Waals surface area contributed by atoms with Gasteiger partial charge in [-0.3, -0.25) is 9.59 Å². The normalized spacial score (nSPS) is 25.3. The highest BCUT2D eigenvalue weighted by molar-refractivity contribution is 9.12. The van der Waals surface area contributed by atoms with Crippen molar-refractivity contribution in [3.8, 4) is 0 Å². The van der Waals surface area contributed by atoms with Crippen LogP contribution in [0.15, 0.2) is 24.3 Å². The van der Waals surface area contributed by atoms with E-state index in [4.69, 9.17) is 11.6 Å². The molecule has 0 radical (unpaired) electrons. The van der Waals surface area contributed by atoms with E-state index < -0.39 is 9.65 Å². The van der Waals surface area contributed by atoms with Gasteiger partial charge in [-0.05, 0) is 12.1 Å². The number of halogens is 3. The minimum absolute atomic E-state index is 0.306. The molecule has 1 aliphatic rings. The van der Waals surface area contributed by atoms with Gasteiger partial charge >= 0.3 is 0 Å². The Balaban J connectivity index is 2.47. The third kappa shape index (κ3) is 1.81. The van der Waals surface area contributed by atoms with E-state index >= 15 is 0 Å². The zero-order valence-corrected chi connectivity index (χ0v) is 11.8. The minimum atomic E-state index is -0.545. The summed E-state index contributed by atoms with van der Waals surface area (Å²) in [6.07, 6.45) is 0. The fourth-order valence-corrected chi connectivity index (χ4v) is 2.56. The smallest absolute Gasteiger partial charge is 0.249 e. The van der Waals surface area contributed by atoms with E-state index in [0.29, 0.717) is 10.7 Å². The first kappa shape index (κ1) is 12.1. The van der Waals surface area contributed by atoms with Gasteiger partial charge in [0, 0.05) is 0 Å². The number of para-hydroxylation sites is 1. The Hall–Kier alpha value is -0.390. The number of anilines is 1. The molecule has 1 fully saturated rings. The molecule has 1 aliphatic heterocycles. The van der Waals surface area contributed by atoms with Gasteiger partial charge in [-0.2, -0.15) is 0 Å². The number of benzene rings is 1. The predicted octanol–water partition coefficient (Wildman–Crippen LogP) is 2.74. The van der Waals surface area contributed by atoms with Gasteiger partial charge in [0.05, 0.1) is 10.7 Å². The van der Waals surface area contributed by atoms with Crippen molar-refractivity contribution in [1.29, 1.82) is 0 Å². The summed E-state index contributed by atoms with van der Waals surface area (Å²) in [5, 5.41) is 0.380. The molecule has 0 bridgehead atoms. The number of amides is 2. The third-order valence-corrected chi connectivity index (χ3v) is 5.13. The van der Waals surface area contributed by atoms with E-state index in [1.165, 1.54) is 0 Å². The van der Waals surface area contributed by atoms with Crippen molar-refractivity contribution >= 4 is 61.0 Å². The van der Waals surface area contributed by atoms with Crippen LogP contribution in [0.4, 0.5) is 5.69 Å². The van der Waals surface area contributed by atoms with Crippen molar-refractivity contribution in [3.63, 3.8) is 0 Å². The molecule has 6 heteroatoms. The lowest BCUT2D eigenvalue weighted by atomic mass is 10.3. The maximum absolute atomic E-state index is 11.8. The van der Waals surface area contributed by atoms with Gasteiger partial charge in [0.25, 0.3) is 0 Å². The molecule has 3 nitrogen and oxygen atoms in total. The first-order chi connectivity index (χ1) is 7.54. The quantitative estimate of drug-likeness (QED) is 0.565. The van der Waals surface area contributed by atoms with Crippen molar-refractivity contribution in [2.75, 3.05) is 4.90 Å². The second-order valence-electron chi connectivity index (χ2n) is 3.27. The van der Waals surface area contributed by atoms with Crippen LogP contribution in [0.5, 0.6) is 0 Å². The Morgan fingerprint density at radius 1 is 1.06 bits per heavy atom. The van der Waals surface area contributed by atoms with Crippen LogP contribution in [0.2, 0.25) is 5.02 Å². The van der Waals surface area contributed by atoms with Crippen LogP contribution in [-0.4, -0.2) is 21.5 Å². The summed E-state index contributed by atoms with van der Waals surface area (Å²) in [6, 6.07) is 6.76. The summed E-state index contributed by atoms with van der Waals surface area (Å²) in [6.45, 7) is 0. The average molecular weight is 367 g/mol. The Morgan fingerprint density at radius 2 is 1.56 bits per heavy atom. The minimum Gasteiger partial charge on any atom is -0.273 e. The highest BCUT2D eigenvalue weighted by Crippen LogP contribution is 2.34. The van der Waals surface area contributed by atoms with Gasteiger partial charge in [0.1, 0.15) is 9.65 Å². The first-order valence-electron chi connectivity index (χ1n) is 4.44. The standard InChI is InChI=1S/C10H6Br2ClNO2/c11-7-8(12)10(16)14(9(7)15)6-4-2-1-3-5(6)13/h1-4,7-8H. The molecule has 1 heterocycles. The number of carbonyl (C=O) groups is 2. The second kappa shape index (κ2) is 4.47. The largest absolute Gasteiger partial charge is 0.273 e. The molecule has 1 aromatic carbocycles. The monoisotopic (exact) mass is 365 g/mol. The number of alkyl halides is 2. The summed E-state index contributed by atoms with van der Waals surface area (Å²) < 4.78 is 0. The molecule has 0 N–H and O–H groups in total. The SMILES string of the molecule is O=C1C(Br)C(Br)C(=O)N1c1ccccc1Cl. The van der Waals surface area contributed by atoms with Crippen LogP contribution >= 0.6 is 43.5 Å². The Labute approximate surface area is 114 Å². The molecule has 16 heavy (non-hydrogen) atoms. The molecule has 1 aromatic rings. The summed E-state index contributed by atoms with van der Waals surface area (Å²) in [4.78, 5) is 23.7. The fraction of sp³-hybridized carbons (Fsp3) is 0.200. The van der Waals surface area contributed by atoms with E-state index in [1.807, 2.05) is 0 Å². The van der Waals surface area contributed by atoms with Crippen LogP contribution in [0.25, 0.3) is 0 Å². The lowest BCUT2D eigenvalue weighted by Gasteiger charge is -2.15. The van der Waals surface area contributed by atoms with Crippen molar-refractivity contribution < 1.29 is 9.59 Å². The number of hydrogen-bond acceptors (Lipinski definition) is 2. The molecule has 84 valence electrons. The summed E-state index contributed by atoms with van der Waals surface area (Å²) in [5.74, 6) is -0.611. The van der Waals surface area contributed by atoms with Crippen LogP contribution in [0, 0.1) is 0 Å². The topological polar surface area (TPSA) is 37.4 Å². The maximum Gasteiger partial charge on any atom is 0.249 e. The highest BCUT2D eigenvalue weighted by atomic mass is 79.9. The molecular weight excluding hydrogens is 361 g/mol. The molecule has 2 rings (SSSR count). The van der Waals surface area contributed by atoms with Gasteiger partial charge in [0.2, 0.25) is 11.8 Å². The molecule has 2 amide bonds. The Morgan fingerprint density at radius 3 is 2.06 bits per heavy atom. The lowest BCUT2D eigenvalue weighted by Crippen LogP contribution is -2.31. The second-order valence-corrected chi connectivity index (χ2v) is 5.65. The van der Waals surface area contributed by atoms with E-state index in [2.05, 4.69) is 31.9 Å². The van der Waals surface area contributed by atoms with Gasteiger partial charge < -0.3 is 0 Å². The van der Waals surface area contributed by atoms with Gasteiger partial charge in [-0.1, -0.05) is 55.6 Å². The first-order valence-corrected chi connectivity index (χ1v) is 6.65. The summed E-state index contributed by atoms with van der Waals surface area (Å²) in [7, 11) is 0. The van der Waals surface area contributed by atoms with Crippen LogP contribution < -0.4 is 4.90 Å². The van der Waals surface area contributed by atoms with E-state index in [1.54, 1.807) is 24.3 Å². The third-order valence-electron chi connectivity index (χ3n) is 2.26. The molecule has 2 unspecified atom stereocenters. The van der Waals surface area contributed by atoms with Crippen molar-refractivity contribution in [2.45, 2.75) is 9.65 Å². The molecule has 0 spiro atoms. The van der Waals surface area contributed by atoms with E-state index in [9.17, 15) is 9.59 Å². The molecule has 2 atom stereocenters. The average Bonchev–Trinajstić information content (AvgIpc) is 2.45. The molecular formula is C10H6Br2ClNO2. The van der Waals surface area contributed by atoms with Crippen molar-refractivity contribution in [2.24, 2.45) is 0 Å². The Bertz CT molecular complexity index is 446. The number of carbonyl (C=O) groups excluding carboxylic acids is 2. The highest BCUT2D eigenvalue weighted by Gasteiger charge is 2.46. The van der Waals surface area contributed by atoms with Gasteiger partial charge in [-0.15, -0.1) is 0 Å². The molecule has 0 aliphatic carbocycles. The van der Waals surface area contributed by atoms with E-state index in [0.717, 1.165) is 4.90 Å². The summed E-state index contributed by atoms with van der Waals surface area (Å²) >= 11 is 12.3. The predicted molar refractivity (Wildman–Crippen MR) is 69.4 cm³/mol. The van der Waals surface area contributed by atoms with Crippen molar-refractivity contribution in [1.82, 2.24) is 0 Å².